The Hall–Kier alpha value is -0.910. The first kappa shape index (κ1) is 19.1. The molecule has 112 valence electrons. The number of nitrogen functional groups attached to an aromatic ring is 1. The maximum absolute atomic E-state index is 12.7. The van der Waals surface area contributed by atoms with Gasteiger partial charge in [0.15, 0.2) is 0 Å². The topological polar surface area (TPSA) is 67.6 Å². The van der Waals surface area contributed by atoms with Gasteiger partial charge in [0, 0.05) is 0 Å². The molecule has 0 aliphatic carbocycles. The maximum atomic E-state index is 12.7. The molecule has 0 spiro atoms. The molecule has 0 fully saturated rings. The Kier molecular flexibility index (Phi) is 5.82. The van der Waals surface area contributed by atoms with Gasteiger partial charge in [-0.25, -0.2) is 4.68 Å². The van der Waals surface area contributed by atoms with E-state index < -0.39 is 11.7 Å². The molecule has 1 aromatic carbocycles. The van der Waals surface area contributed by atoms with Gasteiger partial charge in [-0.15, -0.1) is 0 Å². The number of aromatic nitrogens is 2. The summed E-state index contributed by atoms with van der Waals surface area (Å²) in [6.45, 7) is 1.54. The molecule has 1 aromatic heterocycles. The standard InChI is InChI=1S/C12H7Cl2F3N4.Na.H/c1-5-7(4-18)11(19)21(20-5)10-8(13)2-6(3-9(10)14)12(15,16)17;;/h2-3H,19H2,1H3;;. The van der Waals surface area contributed by atoms with Crippen LogP contribution < -0.4 is 5.73 Å². The molecular formula is C12H8Cl2F3N4Na. The second-order valence-electron chi connectivity index (χ2n) is 4.16. The van der Waals surface area contributed by atoms with Crippen LogP contribution in [0.4, 0.5) is 19.0 Å². The van der Waals surface area contributed by atoms with Crippen LogP contribution in [0.1, 0.15) is 16.8 Å². The summed E-state index contributed by atoms with van der Waals surface area (Å²) in [6.07, 6.45) is -4.57. The number of alkyl halides is 3. The predicted octanol–water partition coefficient (Wildman–Crippen LogP) is 3.31. The Morgan fingerprint density at radius 3 is 2.14 bits per heavy atom. The monoisotopic (exact) mass is 358 g/mol. The summed E-state index contributed by atoms with van der Waals surface area (Å²) in [7, 11) is 0. The van der Waals surface area contributed by atoms with E-state index in [1.165, 1.54) is 6.92 Å². The van der Waals surface area contributed by atoms with Gasteiger partial charge in [0.2, 0.25) is 0 Å². The molecule has 0 aliphatic heterocycles. The summed E-state index contributed by atoms with van der Waals surface area (Å²) < 4.78 is 39.1. The average molecular weight is 359 g/mol. The van der Waals surface area contributed by atoms with Gasteiger partial charge in [-0.3, -0.25) is 0 Å². The van der Waals surface area contributed by atoms with E-state index >= 15 is 0 Å². The Labute approximate surface area is 155 Å². The van der Waals surface area contributed by atoms with E-state index in [2.05, 4.69) is 5.10 Å². The first-order chi connectivity index (χ1) is 9.66. The second-order valence-corrected chi connectivity index (χ2v) is 4.97. The van der Waals surface area contributed by atoms with Gasteiger partial charge in [-0.05, 0) is 19.1 Å². The van der Waals surface area contributed by atoms with E-state index in [1.54, 1.807) is 0 Å². The first-order valence-corrected chi connectivity index (χ1v) is 6.24. The third kappa shape index (κ3) is 3.36. The second kappa shape index (κ2) is 6.69. The molecule has 22 heavy (non-hydrogen) atoms. The van der Waals surface area contributed by atoms with Crippen molar-refractivity contribution in [1.82, 2.24) is 9.78 Å². The Morgan fingerprint density at radius 2 is 1.77 bits per heavy atom. The van der Waals surface area contributed by atoms with Crippen molar-refractivity contribution in [2.24, 2.45) is 0 Å². The molecule has 0 amide bonds. The van der Waals surface area contributed by atoms with Crippen molar-refractivity contribution in [3.05, 3.63) is 39.0 Å². The Morgan fingerprint density at radius 1 is 1.27 bits per heavy atom. The molecule has 10 heteroatoms. The van der Waals surface area contributed by atoms with E-state index in [-0.39, 0.29) is 56.7 Å². The molecular weight excluding hydrogens is 351 g/mol. The molecule has 2 aromatic rings. The quantitative estimate of drug-likeness (QED) is 0.795. The molecule has 0 saturated carbocycles. The van der Waals surface area contributed by atoms with Crippen molar-refractivity contribution in [3.63, 3.8) is 0 Å². The van der Waals surface area contributed by atoms with E-state index in [9.17, 15) is 13.2 Å². The zero-order valence-electron chi connectivity index (χ0n) is 10.5. The van der Waals surface area contributed by atoms with Crippen LogP contribution in [0.3, 0.4) is 0 Å². The summed E-state index contributed by atoms with van der Waals surface area (Å²) >= 11 is 11.7. The third-order valence-corrected chi connectivity index (χ3v) is 3.34. The Balaban J connectivity index is 0.00000242. The van der Waals surface area contributed by atoms with Gasteiger partial charge in [-0.1, -0.05) is 23.2 Å². The van der Waals surface area contributed by atoms with Gasteiger partial charge in [0.1, 0.15) is 23.1 Å². The zero-order chi connectivity index (χ0) is 15.9. The van der Waals surface area contributed by atoms with Crippen LogP contribution in [0.5, 0.6) is 0 Å². The number of hydrogen-bond donors (Lipinski definition) is 1. The van der Waals surface area contributed by atoms with E-state index in [0.29, 0.717) is 5.69 Å². The number of anilines is 1. The summed E-state index contributed by atoms with van der Waals surface area (Å²) in [4.78, 5) is 0. The summed E-state index contributed by atoms with van der Waals surface area (Å²) in [5.41, 5.74) is 5.19. The van der Waals surface area contributed by atoms with E-state index in [1.807, 2.05) is 6.07 Å². The average Bonchev–Trinajstić information content (AvgIpc) is 2.62. The molecule has 0 unspecified atom stereocenters. The van der Waals surface area contributed by atoms with Crippen LogP contribution in [0.25, 0.3) is 5.69 Å². The van der Waals surface area contributed by atoms with Crippen molar-refractivity contribution >= 4 is 58.6 Å². The van der Waals surface area contributed by atoms with Gasteiger partial charge in [0.05, 0.1) is 21.3 Å². The number of rotatable bonds is 1. The summed E-state index contributed by atoms with van der Waals surface area (Å²) in [5, 5.41) is 12.4. The van der Waals surface area contributed by atoms with Crippen LogP contribution >= 0.6 is 23.2 Å². The van der Waals surface area contributed by atoms with Gasteiger partial charge >= 0.3 is 35.7 Å². The number of aryl methyl sites for hydroxylation is 1. The number of nitriles is 1. The number of nitrogens with zero attached hydrogens (tertiary/aromatic N) is 3. The SMILES string of the molecule is Cc1nn(-c2c(Cl)cc(C(F)(F)F)cc2Cl)c(N)c1C#N.[NaH]. The van der Waals surface area contributed by atoms with Crippen LogP contribution in [0.15, 0.2) is 12.1 Å². The number of benzene rings is 1. The van der Waals surface area contributed by atoms with Crippen molar-refractivity contribution in [3.8, 4) is 11.8 Å². The van der Waals surface area contributed by atoms with Crippen LogP contribution in [-0.2, 0) is 6.18 Å². The number of halogens is 5. The molecule has 0 aliphatic rings. The minimum atomic E-state index is -4.57. The normalized spacial score (nSPS) is 11.0. The number of hydrogen-bond acceptors (Lipinski definition) is 3. The third-order valence-electron chi connectivity index (χ3n) is 2.76. The molecule has 2 rings (SSSR count). The van der Waals surface area contributed by atoms with Crippen LogP contribution in [0.2, 0.25) is 10.0 Å². The molecule has 1 heterocycles. The molecule has 0 saturated heterocycles. The fraction of sp³-hybridized carbons (Fsp3) is 0.167. The van der Waals surface area contributed by atoms with Crippen LogP contribution in [0, 0.1) is 18.3 Å². The summed E-state index contributed by atoms with van der Waals surface area (Å²) in [6, 6.07) is 3.31. The molecule has 0 atom stereocenters. The molecule has 0 bridgehead atoms. The van der Waals surface area contributed by atoms with E-state index in [0.717, 1.165) is 16.8 Å². The zero-order valence-corrected chi connectivity index (χ0v) is 12.0. The van der Waals surface area contributed by atoms with Crippen molar-refractivity contribution in [2.45, 2.75) is 13.1 Å². The first-order valence-electron chi connectivity index (χ1n) is 5.48. The van der Waals surface area contributed by atoms with Crippen molar-refractivity contribution in [1.29, 1.82) is 5.26 Å². The molecule has 4 nitrogen and oxygen atoms in total. The summed E-state index contributed by atoms with van der Waals surface area (Å²) in [5.74, 6) is -0.0430. The predicted molar refractivity (Wildman–Crippen MR) is 79.6 cm³/mol. The number of nitrogens with two attached hydrogens (primary N) is 1. The molecule has 0 radical (unpaired) electrons. The fourth-order valence-electron chi connectivity index (χ4n) is 1.79. The van der Waals surface area contributed by atoms with Crippen molar-refractivity contribution < 1.29 is 13.2 Å². The van der Waals surface area contributed by atoms with Crippen molar-refractivity contribution in [2.75, 3.05) is 5.73 Å². The van der Waals surface area contributed by atoms with Gasteiger partial charge in [0.25, 0.3) is 0 Å². The van der Waals surface area contributed by atoms with Crippen LogP contribution in [-0.4, -0.2) is 39.3 Å². The fourth-order valence-corrected chi connectivity index (χ4v) is 2.43. The van der Waals surface area contributed by atoms with E-state index in [4.69, 9.17) is 34.2 Å². The Bertz CT molecular complexity index is 742. The molecule has 2 N–H and O–H groups in total. The van der Waals surface area contributed by atoms with Gasteiger partial charge in [-0.2, -0.15) is 23.5 Å². The minimum absolute atomic E-state index is 0. The van der Waals surface area contributed by atoms with Gasteiger partial charge < -0.3 is 5.73 Å².